The zero-order valence-corrected chi connectivity index (χ0v) is 26.9. The summed E-state index contributed by atoms with van der Waals surface area (Å²) in [6.07, 6.45) is 43.0. The molecule has 3 N–H and O–H groups in total. The summed E-state index contributed by atoms with van der Waals surface area (Å²) in [7, 11) is 0. The van der Waals surface area contributed by atoms with Crippen LogP contribution in [0, 0.1) is 0 Å². The van der Waals surface area contributed by atoms with Crippen LogP contribution in [0.15, 0.2) is 0 Å². The SMILES string of the molecule is CCCCCCCCCCCCCCCCCC[NH2+]CCCCCCCCCCC[C@H](O)CCCCCC. The van der Waals surface area contributed by atoms with Crippen LogP contribution in [0.2, 0.25) is 0 Å². The molecule has 0 aromatic carbocycles. The van der Waals surface area contributed by atoms with Crippen LogP contribution in [-0.2, 0) is 0 Å². The summed E-state index contributed by atoms with van der Waals surface area (Å²) < 4.78 is 0. The van der Waals surface area contributed by atoms with E-state index in [9.17, 15) is 5.11 Å². The fourth-order valence-corrected chi connectivity index (χ4v) is 5.84. The average Bonchev–Trinajstić information content (AvgIpc) is 2.92. The van der Waals surface area contributed by atoms with E-state index in [0.29, 0.717) is 0 Å². The molecule has 38 heavy (non-hydrogen) atoms. The van der Waals surface area contributed by atoms with Gasteiger partial charge in [-0.05, 0) is 38.5 Å². The van der Waals surface area contributed by atoms with Crippen molar-refractivity contribution < 1.29 is 10.4 Å². The first kappa shape index (κ1) is 37.9. The van der Waals surface area contributed by atoms with E-state index in [1.54, 1.807) is 0 Å². The van der Waals surface area contributed by atoms with E-state index >= 15 is 0 Å². The van der Waals surface area contributed by atoms with Gasteiger partial charge in [0.05, 0.1) is 19.2 Å². The third-order valence-electron chi connectivity index (χ3n) is 8.60. The molecular formula is C36H76NO+. The molecule has 0 unspecified atom stereocenters. The van der Waals surface area contributed by atoms with Gasteiger partial charge in [-0.3, -0.25) is 0 Å². The van der Waals surface area contributed by atoms with Gasteiger partial charge >= 0.3 is 0 Å². The number of aliphatic hydroxyl groups excluding tert-OH is 1. The Balaban J connectivity index is 3.06. The van der Waals surface area contributed by atoms with Crippen molar-refractivity contribution in [2.45, 2.75) is 219 Å². The molecule has 0 aliphatic carbocycles. The second-order valence-electron chi connectivity index (χ2n) is 12.6. The molecule has 0 saturated heterocycles. The second-order valence-corrected chi connectivity index (χ2v) is 12.6. The van der Waals surface area contributed by atoms with E-state index in [1.807, 2.05) is 0 Å². The third-order valence-corrected chi connectivity index (χ3v) is 8.60. The lowest BCUT2D eigenvalue weighted by Gasteiger charge is -2.10. The number of quaternary nitrogens is 1. The largest absolute Gasteiger partial charge is 0.393 e. The van der Waals surface area contributed by atoms with Gasteiger partial charge < -0.3 is 10.4 Å². The van der Waals surface area contributed by atoms with Crippen LogP contribution in [-0.4, -0.2) is 24.3 Å². The number of hydrogen-bond donors (Lipinski definition) is 2. The van der Waals surface area contributed by atoms with Crippen LogP contribution in [0.5, 0.6) is 0 Å². The topological polar surface area (TPSA) is 36.8 Å². The molecule has 2 nitrogen and oxygen atoms in total. The Hall–Kier alpha value is -0.0800. The van der Waals surface area contributed by atoms with Gasteiger partial charge in [0.1, 0.15) is 0 Å². The number of rotatable bonds is 34. The van der Waals surface area contributed by atoms with Gasteiger partial charge in [0.2, 0.25) is 0 Å². The molecule has 0 aliphatic heterocycles. The lowest BCUT2D eigenvalue weighted by Crippen LogP contribution is -2.84. The minimum Gasteiger partial charge on any atom is -0.393 e. The molecule has 1 atom stereocenters. The molecule has 0 bridgehead atoms. The maximum atomic E-state index is 10.0. The molecule has 0 amide bonds. The first-order valence-corrected chi connectivity index (χ1v) is 18.3. The quantitative estimate of drug-likeness (QED) is 0.0785. The fraction of sp³-hybridized carbons (Fsp3) is 1.00. The van der Waals surface area contributed by atoms with Crippen LogP contribution < -0.4 is 5.32 Å². The van der Waals surface area contributed by atoms with Crippen molar-refractivity contribution in [3.63, 3.8) is 0 Å². The summed E-state index contributed by atoms with van der Waals surface area (Å²) in [5, 5.41) is 12.6. The molecule has 0 saturated carbocycles. The predicted octanol–water partition coefficient (Wildman–Crippen LogP) is 11.0. The van der Waals surface area contributed by atoms with Crippen molar-refractivity contribution in [3.8, 4) is 0 Å². The van der Waals surface area contributed by atoms with Crippen LogP contribution in [0.1, 0.15) is 213 Å². The van der Waals surface area contributed by atoms with E-state index in [2.05, 4.69) is 19.2 Å². The first-order valence-electron chi connectivity index (χ1n) is 18.3. The Kier molecular flexibility index (Phi) is 34.9. The Bertz CT molecular complexity index is 399. The molecule has 0 radical (unpaired) electrons. The number of aliphatic hydroxyl groups is 1. The molecule has 0 aliphatic rings. The Labute approximate surface area is 242 Å². The molecule has 0 heterocycles. The first-order chi connectivity index (χ1) is 18.8. The summed E-state index contributed by atoms with van der Waals surface area (Å²) in [5.74, 6) is 0. The zero-order chi connectivity index (χ0) is 27.6. The normalized spacial score (nSPS) is 12.4. The third kappa shape index (κ3) is 33.9. The lowest BCUT2D eigenvalue weighted by molar-refractivity contribution is -0.655. The van der Waals surface area contributed by atoms with Crippen LogP contribution in [0.3, 0.4) is 0 Å². The molecule has 230 valence electrons. The highest BCUT2D eigenvalue weighted by atomic mass is 16.3. The Morgan fingerprint density at radius 1 is 0.342 bits per heavy atom. The summed E-state index contributed by atoms with van der Waals surface area (Å²) in [4.78, 5) is 0. The van der Waals surface area contributed by atoms with Gasteiger partial charge in [0.25, 0.3) is 0 Å². The molecule has 0 spiro atoms. The molecular weight excluding hydrogens is 462 g/mol. The smallest absolute Gasteiger partial charge is 0.0755 e. The fourth-order valence-electron chi connectivity index (χ4n) is 5.84. The van der Waals surface area contributed by atoms with Crippen LogP contribution >= 0.6 is 0 Å². The Morgan fingerprint density at radius 2 is 0.579 bits per heavy atom. The summed E-state index contributed by atoms with van der Waals surface area (Å²) in [6.45, 7) is 7.25. The minimum absolute atomic E-state index is 0.0345. The number of hydrogen-bond acceptors (Lipinski definition) is 1. The molecule has 2 heteroatoms. The average molecular weight is 539 g/mol. The van der Waals surface area contributed by atoms with Crippen molar-refractivity contribution in [3.05, 3.63) is 0 Å². The van der Waals surface area contributed by atoms with Crippen molar-refractivity contribution in [1.29, 1.82) is 0 Å². The predicted molar refractivity (Wildman–Crippen MR) is 172 cm³/mol. The van der Waals surface area contributed by atoms with Gasteiger partial charge in [-0.1, -0.05) is 174 Å². The standard InChI is InChI=1S/C36H75NO/c1-3-5-7-9-10-11-12-13-14-15-16-17-20-23-26-30-34-37-35-31-27-24-21-18-19-22-25-29-33-36(38)32-28-8-6-4-2/h36-38H,3-35H2,1-2H3/p+1/t36-/m1/s1. The van der Waals surface area contributed by atoms with Crippen molar-refractivity contribution in [2.75, 3.05) is 13.1 Å². The van der Waals surface area contributed by atoms with Gasteiger partial charge in [-0.15, -0.1) is 0 Å². The minimum atomic E-state index is -0.0345. The van der Waals surface area contributed by atoms with Crippen LogP contribution in [0.25, 0.3) is 0 Å². The molecule has 0 aromatic rings. The van der Waals surface area contributed by atoms with Crippen LogP contribution in [0.4, 0.5) is 0 Å². The van der Waals surface area contributed by atoms with Crippen molar-refractivity contribution in [2.24, 2.45) is 0 Å². The highest BCUT2D eigenvalue weighted by Gasteiger charge is 2.03. The summed E-state index contributed by atoms with van der Waals surface area (Å²) >= 11 is 0. The summed E-state index contributed by atoms with van der Waals surface area (Å²) in [6, 6.07) is 0. The highest BCUT2D eigenvalue weighted by molar-refractivity contribution is 4.57. The van der Waals surface area contributed by atoms with Gasteiger partial charge in [0.15, 0.2) is 0 Å². The molecule has 0 aromatic heterocycles. The van der Waals surface area contributed by atoms with Crippen molar-refractivity contribution in [1.82, 2.24) is 0 Å². The maximum absolute atomic E-state index is 10.0. The lowest BCUT2D eigenvalue weighted by atomic mass is 10.0. The monoisotopic (exact) mass is 539 g/mol. The zero-order valence-electron chi connectivity index (χ0n) is 26.9. The van der Waals surface area contributed by atoms with Gasteiger partial charge in [-0.25, -0.2) is 0 Å². The van der Waals surface area contributed by atoms with Gasteiger partial charge in [0, 0.05) is 0 Å². The molecule has 0 fully saturated rings. The van der Waals surface area contributed by atoms with E-state index in [1.165, 1.54) is 199 Å². The maximum Gasteiger partial charge on any atom is 0.0755 e. The Morgan fingerprint density at radius 3 is 0.895 bits per heavy atom. The van der Waals surface area contributed by atoms with Crippen molar-refractivity contribution >= 4 is 0 Å². The van der Waals surface area contributed by atoms with E-state index in [-0.39, 0.29) is 6.10 Å². The summed E-state index contributed by atoms with van der Waals surface area (Å²) in [5.41, 5.74) is 0. The molecule has 0 rings (SSSR count). The van der Waals surface area contributed by atoms with Gasteiger partial charge in [-0.2, -0.15) is 0 Å². The van der Waals surface area contributed by atoms with E-state index in [0.717, 1.165) is 12.8 Å². The van der Waals surface area contributed by atoms with E-state index < -0.39 is 0 Å². The number of nitrogens with two attached hydrogens (primary N) is 1. The van der Waals surface area contributed by atoms with E-state index in [4.69, 9.17) is 0 Å². The highest BCUT2D eigenvalue weighted by Crippen LogP contribution is 2.15. The number of unbranched alkanes of at least 4 members (excludes halogenated alkanes) is 26. The second kappa shape index (κ2) is 34.9.